The molecule has 0 radical (unpaired) electrons. The zero-order chi connectivity index (χ0) is 17.6. The van der Waals surface area contributed by atoms with Gasteiger partial charge in [-0.2, -0.15) is 13.2 Å². The van der Waals surface area contributed by atoms with Crippen LogP contribution < -0.4 is 0 Å². The van der Waals surface area contributed by atoms with Crippen LogP contribution >= 0.6 is 0 Å². The standard InChI is InChI=1S/C20H20F3NO/c1-13-12-25-18-10-15-9-16(20(21,22)23)7-8-17(15)19(18)24(13)11-14-5-3-2-4-6-14/h2-9,13,18-19H,10-12H2,1H3. The molecule has 0 saturated carbocycles. The Balaban J connectivity index is 1.67. The monoisotopic (exact) mass is 347 g/mol. The Labute approximate surface area is 145 Å². The summed E-state index contributed by atoms with van der Waals surface area (Å²) in [5.74, 6) is 0. The second kappa shape index (κ2) is 6.15. The summed E-state index contributed by atoms with van der Waals surface area (Å²) in [7, 11) is 0. The highest BCUT2D eigenvalue weighted by molar-refractivity contribution is 5.41. The minimum Gasteiger partial charge on any atom is -0.374 e. The molecule has 2 nitrogen and oxygen atoms in total. The number of rotatable bonds is 2. The molecule has 2 aromatic rings. The number of halogens is 3. The lowest BCUT2D eigenvalue weighted by molar-refractivity contribution is -0.137. The van der Waals surface area contributed by atoms with Crippen molar-refractivity contribution >= 4 is 0 Å². The van der Waals surface area contributed by atoms with Gasteiger partial charge in [0.2, 0.25) is 0 Å². The van der Waals surface area contributed by atoms with E-state index in [2.05, 4.69) is 24.0 Å². The van der Waals surface area contributed by atoms with Gasteiger partial charge in [-0.05, 0) is 35.7 Å². The molecule has 132 valence electrons. The summed E-state index contributed by atoms with van der Waals surface area (Å²) >= 11 is 0. The van der Waals surface area contributed by atoms with Crippen molar-refractivity contribution in [3.63, 3.8) is 0 Å². The molecule has 1 aliphatic heterocycles. The maximum Gasteiger partial charge on any atom is 0.416 e. The fourth-order valence-electron chi connectivity index (χ4n) is 4.00. The molecule has 5 heteroatoms. The van der Waals surface area contributed by atoms with Crippen LogP contribution in [0.15, 0.2) is 48.5 Å². The Kier molecular flexibility index (Phi) is 4.08. The highest BCUT2D eigenvalue weighted by Crippen LogP contribution is 2.44. The molecular weight excluding hydrogens is 327 g/mol. The van der Waals surface area contributed by atoms with Gasteiger partial charge in [-0.1, -0.05) is 36.4 Å². The van der Waals surface area contributed by atoms with Crippen LogP contribution in [0.3, 0.4) is 0 Å². The topological polar surface area (TPSA) is 12.5 Å². The van der Waals surface area contributed by atoms with Gasteiger partial charge in [-0.3, -0.25) is 4.90 Å². The summed E-state index contributed by atoms with van der Waals surface area (Å²) in [6.07, 6.45) is -3.83. The number of benzene rings is 2. The van der Waals surface area contributed by atoms with E-state index in [1.165, 1.54) is 17.7 Å². The van der Waals surface area contributed by atoms with Crippen LogP contribution in [0.4, 0.5) is 13.2 Å². The molecule has 4 rings (SSSR count). The van der Waals surface area contributed by atoms with E-state index in [0.717, 1.165) is 17.7 Å². The largest absolute Gasteiger partial charge is 0.416 e. The average molecular weight is 347 g/mol. The van der Waals surface area contributed by atoms with Gasteiger partial charge in [0.05, 0.1) is 24.3 Å². The van der Waals surface area contributed by atoms with E-state index >= 15 is 0 Å². The van der Waals surface area contributed by atoms with Gasteiger partial charge in [0, 0.05) is 19.0 Å². The third-order valence-electron chi connectivity index (χ3n) is 5.25. The minimum atomic E-state index is -4.30. The predicted octanol–water partition coefficient (Wildman–Crippen LogP) is 4.59. The second-order valence-electron chi connectivity index (χ2n) is 6.94. The van der Waals surface area contributed by atoms with Gasteiger partial charge in [-0.15, -0.1) is 0 Å². The van der Waals surface area contributed by atoms with Crippen molar-refractivity contribution in [1.29, 1.82) is 0 Å². The summed E-state index contributed by atoms with van der Waals surface area (Å²) in [6.45, 7) is 3.49. The third kappa shape index (κ3) is 3.07. The van der Waals surface area contributed by atoms with Crippen molar-refractivity contribution in [1.82, 2.24) is 4.90 Å². The van der Waals surface area contributed by atoms with Crippen molar-refractivity contribution in [2.45, 2.75) is 44.3 Å². The maximum atomic E-state index is 13.0. The highest BCUT2D eigenvalue weighted by atomic mass is 19.4. The summed E-state index contributed by atoms with van der Waals surface area (Å²) in [6, 6.07) is 14.5. The fourth-order valence-corrected chi connectivity index (χ4v) is 4.00. The molecule has 0 spiro atoms. The lowest BCUT2D eigenvalue weighted by Crippen LogP contribution is -2.48. The van der Waals surface area contributed by atoms with Crippen LogP contribution in [0, 0.1) is 0 Å². The molecule has 1 aliphatic carbocycles. The van der Waals surface area contributed by atoms with Crippen molar-refractivity contribution < 1.29 is 17.9 Å². The number of nitrogens with zero attached hydrogens (tertiary/aromatic N) is 1. The number of morpholine rings is 1. The van der Waals surface area contributed by atoms with Crippen LogP contribution in [-0.4, -0.2) is 23.7 Å². The fraction of sp³-hybridized carbons (Fsp3) is 0.400. The smallest absolute Gasteiger partial charge is 0.374 e. The number of hydrogen-bond acceptors (Lipinski definition) is 2. The molecule has 0 aromatic heterocycles. The molecule has 1 fully saturated rings. The van der Waals surface area contributed by atoms with E-state index < -0.39 is 11.7 Å². The molecule has 1 saturated heterocycles. The number of alkyl halides is 3. The Hall–Kier alpha value is -1.85. The van der Waals surface area contributed by atoms with Crippen LogP contribution in [0.5, 0.6) is 0 Å². The Bertz CT molecular complexity index is 759. The first-order valence-corrected chi connectivity index (χ1v) is 8.55. The number of hydrogen-bond donors (Lipinski definition) is 0. The van der Waals surface area contributed by atoms with Gasteiger partial charge in [-0.25, -0.2) is 0 Å². The molecule has 25 heavy (non-hydrogen) atoms. The first-order chi connectivity index (χ1) is 11.9. The van der Waals surface area contributed by atoms with Crippen molar-refractivity contribution in [2.75, 3.05) is 6.61 Å². The highest BCUT2D eigenvalue weighted by Gasteiger charge is 2.43. The number of ether oxygens (including phenoxy) is 1. The Morgan fingerprint density at radius 3 is 2.60 bits per heavy atom. The maximum absolute atomic E-state index is 13.0. The lowest BCUT2D eigenvalue weighted by Gasteiger charge is -2.42. The summed E-state index contributed by atoms with van der Waals surface area (Å²) in [5.41, 5.74) is 2.36. The van der Waals surface area contributed by atoms with Crippen LogP contribution in [0.25, 0.3) is 0 Å². The SMILES string of the molecule is CC1COC2Cc3cc(C(F)(F)F)ccc3C2N1Cc1ccccc1. The quantitative estimate of drug-likeness (QED) is 0.788. The first kappa shape index (κ1) is 16.6. The van der Waals surface area contributed by atoms with Crippen LogP contribution in [-0.2, 0) is 23.9 Å². The predicted molar refractivity (Wildman–Crippen MR) is 89.1 cm³/mol. The zero-order valence-electron chi connectivity index (χ0n) is 14.0. The molecule has 0 bridgehead atoms. The lowest BCUT2D eigenvalue weighted by atomic mass is 10.00. The van der Waals surface area contributed by atoms with Crippen LogP contribution in [0.2, 0.25) is 0 Å². The second-order valence-corrected chi connectivity index (χ2v) is 6.94. The van der Waals surface area contributed by atoms with E-state index in [4.69, 9.17) is 4.74 Å². The molecule has 1 heterocycles. The van der Waals surface area contributed by atoms with E-state index in [1.54, 1.807) is 6.07 Å². The van der Waals surface area contributed by atoms with E-state index in [-0.39, 0.29) is 18.2 Å². The van der Waals surface area contributed by atoms with E-state index in [9.17, 15) is 13.2 Å². The summed E-state index contributed by atoms with van der Waals surface area (Å²) < 4.78 is 45.0. The van der Waals surface area contributed by atoms with E-state index in [0.29, 0.717) is 13.0 Å². The third-order valence-corrected chi connectivity index (χ3v) is 5.25. The van der Waals surface area contributed by atoms with Gasteiger partial charge < -0.3 is 4.74 Å². The Morgan fingerprint density at radius 1 is 1.12 bits per heavy atom. The molecular formula is C20H20F3NO. The summed E-state index contributed by atoms with van der Waals surface area (Å²) in [5, 5.41) is 0. The van der Waals surface area contributed by atoms with Crippen molar-refractivity contribution in [2.24, 2.45) is 0 Å². The molecule has 2 aromatic carbocycles. The van der Waals surface area contributed by atoms with E-state index in [1.807, 2.05) is 18.2 Å². The summed E-state index contributed by atoms with van der Waals surface area (Å²) in [4.78, 5) is 2.36. The van der Waals surface area contributed by atoms with Gasteiger partial charge in [0.25, 0.3) is 0 Å². The van der Waals surface area contributed by atoms with Crippen molar-refractivity contribution in [3.05, 3.63) is 70.8 Å². The van der Waals surface area contributed by atoms with Crippen LogP contribution in [0.1, 0.15) is 35.2 Å². The molecule has 0 amide bonds. The average Bonchev–Trinajstić information content (AvgIpc) is 2.95. The molecule has 3 unspecified atom stereocenters. The van der Waals surface area contributed by atoms with Gasteiger partial charge in [0.15, 0.2) is 0 Å². The minimum absolute atomic E-state index is 0.0150. The Morgan fingerprint density at radius 2 is 1.88 bits per heavy atom. The van der Waals surface area contributed by atoms with Gasteiger partial charge in [0.1, 0.15) is 0 Å². The molecule has 0 N–H and O–H groups in total. The van der Waals surface area contributed by atoms with Crippen molar-refractivity contribution in [3.8, 4) is 0 Å². The zero-order valence-corrected chi connectivity index (χ0v) is 14.0. The number of fused-ring (bicyclic) bond motifs is 3. The first-order valence-electron chi connectivity index (χ1n) is 8.55. The van der Waals surface area contributed by atoms with Gasteiger partial charge >= 0.3 is 6.18 Å². The molecule has 3 atom stereocenters. The molecule has 2 aliphatic rings. The normalized spacial score (nSPS) is 26.3.